The second-order valence-corrected chi connectivity index (χ2v) is 7.16. The van der Waals surface area contributed by atoms with Crippen LogP contribution < -0.4 is 0 Å². The first-order valence-corrected chi connectivity index (χ1v) is 8.44. The van der Waals surface area contributed by atoms with Gasteiger partial charge in [0.25, 0.3) is 0 Å². The molecule has 0 N–H and O–H groups in total. The van der Waals surface area contributed by atoms with Crippen molar-refractivity contribution in [3.05, 3.63) is 69.7 Å². The monoisotopic (exact) mass is 336 g/mol. The van der Waals surface area contributed by atoms with Gasteiger partial charge < -0.3 is 0 Å². The van der Waals surface area contributed by atoms with Crippen LogP contribution in [0, 0.1) is 23.5 Å². The van der Waals surface area contributed by atoms with E-state index in [9.17, 15) is 8.78 Å². The molecule has 0 amide bonds. The summed E-state index contributed by atoms with van der Waals surface area (Å²) in [4.78, 5) is 0. The summed E-state index contributed by atoms with van der Waals surface area (Å²) in [6.07, 6.45) is 2.37. The lowest BCUT2D eigenvalue weighted by molar-refractivity contribution is 0.553. The standard InChI is InChI=1S/C20H23ClF2/c1-13(2)7-16-5-4-6-17(20(16)21)9-14(3)8-15-10-18(22)12-19(23)11-15/h4-6,10-14H,7-9H2,1-3H3. The second kappa shape index (κ2) is 7.92. The Morgan fingerprint density at radius 1 is 0.870 bits per heavy atom. The van der Waals surface area contributed by atoms with Crippen molar-refractivity contribution >= 4 is 11.6 Å². The van der Waals surface area contributed by atoms with E-state index in [-0.39, 0.29) is 5.92 Å². The van der Waals surface area contributed by atoms with Crippen molar-refractivity contribution in [1.29, 1.82) is 0 Å². The first kappa shape index (κ1) is 17.9. The third-order valence-corrected chi connectivity index (χ3v) is 4.35. The molecule has 23 heavy (non-hydrogen) atoms. The fraction of sp³-hybridized carbons (Fsp3) is 0.400. The van der Waals surface area contributed by atoms with E-state index in [1.54, 1.807) is 0 Å². The largest absolute Gasteiger partial charge is 0.207 e. The molecule has 0 aliphatic carbocycles. The van der Waals surface area contributed by atoms with Crippen LogP contribution in [0.3, 0.4) is 0 Å². The van der Waals surface area contributed by atoms with Crippen LogP contribution in [0.1, 0.15) is 37.5 Å². The summed E-state index contributed by atoms with van der Waals surface area (Å²) in [5.74, 6) is -0.244. The van der Waals surface area contributed by atoms with Crippen molar-refractivity contribution in [1.82, 2.24) is 0 Å². The van der Waals surface area contributed by atoms with Crippen LogP contribution in [0.5, 0.6) is 0 Å². The fourth-order valence-electron chi connectivity index (χ4n) is 2.97. The van der Waals surface area contributed by atoms with Crippen molar-refractivity contribution in [2.24, 2.45) is 11.8 Å². The highest BCUT2D eigenvalue weighted by atomic mass is 35.5. The summed E-state index contributed by atoms with van der Waals surface area (Å²) in [6.45, 7) is 6.42. The van der Waals surface area contributed by atoms with Crippen LogP contribution in [0.2, 0.25) is 5.02 Å². The molecule has 0 aliphatic rings. The Labute approximate surface area is 142 Å². The van der Waals surface area contributed by atoms with Crippen molar-refractivity contribution in [3.63, 3.8) is 0 Å². The smallest absolute Gasteiger partial charge is 0.126 e. The normalized spacial score (nSPS) is 12.7. The molecule has 0 fully saturated rings. The van der Waals surface area contributed by atoms with Crippen molar-refractivity contribution in [3.8, 4) is 0 Å². The summed E-state index contributed by atoms with van der Waals surface area (Å²) in [6, 6.07) is 9.84. The van der Waals surface area contributed by atoms with Crippen molar-refractivity contribution in [2.45, 2.75) is 40.0 Å². The molecule has 0 saturated heterocycles. The average Bonchev–Trinajstić information content (AvgIpc) is 2.41. The minimum atomic E-state index is -0.524. The maximum atomic E-state index is 13.3. The number of halogens is 3. The maximum Gasteiger partial charge on any atom is 0.126 e. The topological polar surface area (TPSA) is 0 Å². The minimum Gasteiger partial charge on any atom is -0.207 e. The van der Waals surface area contributed by atoms with Crippen molar-refractivity contribution in [2.75, 3.05) is 0 Å². The van der Waals surface area contributed by atoms with Crippen LogP contribution in [-0.4, -0.2) is 0 Å². The van der Waals surface area contributed by atoms with Crippen LogP contribution in [0.4, 0.5) is 8.78 Å². The third kappa shape index (κ3) is 5.31. The Kier molecular flexibility index (Phi) is 6.17. The minimum absolute atomic E-state index is 0.253. The Bertz CT molecular complexity index is 644. The van der Waals surface area contributed by atoms with E-state index in [4.69, 9.17) is 11.6 Å². The molecule has 0 aliphatic heterocycles. The van der Waals surface area contributed by atoms with Gasteiger partial charge in [0.15, 0.2) is 0 Å². The van der Waals surface area contributed by atoms with Gasteiger partial charge in [0.2, 0.25) is 0 Å². The molecule has 124 valence electrons. The van der Waals surface area contributed by atoms with E-state index in [0.29, 0.717) is 17.9 Å². The zero-order valence-corrected chi connectivity index (χ0v) is 14.6. The molecule has 0 spiro atoms. The van der Waals surface area contributed by atoms with Crippen LogP contribution in [-0.2, 0) is 19.3 Å². The number of benzene rings is 2. The van der Waals surface area contributed by atoms with Crippen molar-refractivity contribution < 1.29 is 8.78 Å². The third-order valence-electron chi connectivity index (χ3n) is 3.86. The van der Waals surface area contributed by atoms with Gasteiger partial charge in [-0.2, -0.15) is 0 Å². The summed E-state index contributed by atoms with van der Waals surface area (Å²) < 4.78 is 26.6. The molecule has 0 nitrogen and oxygen atoms in total. The van der Waals surface area contributed by atoms with Gasteiger partial charge in [-0.05, 0) is 59.9 Å². The lowest BCUT2D eigenvalue weighted by Crippen LogP contribution is -2.06. The number of rotatable bonds is 6. The van der Waals surface area contributed by atoms with E-state index in [2.05, 4.69) is 26.8 Å². The van der Waals surface area contributed by atoms with Crippen LogP contribution in [0.15, 0.2) is 36.4 Å². The Hall–Kier alpha value is -1.41. The molecule has 3 heteroatoms. The Balaban J connectivity index is 2.09. The van der Waals surface area contributed by atoms with Gasteiger partial charge in [-0.15, -0.1) is 0 Å². The van der Waals surface area contributed by atoms with Gasteiger partial charge in [-0.25, -0.2) is 8.78 Å². The lowest BCUT2D eigenvalue weighted by atomic mass is 9.92. The van der Waals surface area contributed by atoms with E-state index in [1.165, 1.54) is 17.7 Å². The number of hydrogen-bond acceptors (Lipinski definition) is 0. The summed E-state index contributed by atoms with van der Waals surface area (Å²) in [7, 11) is 0. The number of hydrogen-bond donors (Lipinski definition) is 0. The SMILES string of the molecule is CC(C)Cc1cccc(CC(C)Cc2cc(F)cc(F)c2)c1Cl. The first-order chi connectivity index (χ1) is 10.8. The molecule has 2 aromatic rings. The summed E-state index contributed by atoms with van der Waals surface area (Å²) in [5, 5.41) is 0.832. The lowest BCUT2D eigenvalue weighted by Gasteiger charge is -2.16. The predicted molar refractivity (Wildman–Crippen MR) is 92.9 cm³/mol. The molecular formula is C20H23ClF2. The van der Waals surface area contributed by atoms with Gasteiger partial charge in [-0.1, -0.05) is 50.6 Å². The predicted octanol–water partition coefficient (Wildman–Crippen LogP) is 6.24. The zero-order chi connectivity index (χ0) is 17.0. The van der Waals surface area contributed by atoms with Crippen LogP contribution in [0.25, 0.3) is 0 Å². The molecule has 0 aromatic heterocycles. The van der Waals surface area contributed by atoms with E-state index < -0.39 is 11.6 Å². The molecule has 0 heterocycles. The fourth-order valence-corrected chi connectivity index (χ4v) is 3.25. The Morgan fingerprint density at radius 3 is 2.00 bits per heavy atom. The average molecular weight is 337 g/mol. The molecule has 2 aromatic carbocycles. The molecule has 0 bridgehead atoms. The quantitative estimate of drug-likeness (QED) is 0.586. The highest BCUT2D eigenvalue weighted by Gasteiger charge is 2.12. The van der Waals surface area contributed by atoms with E-state index in [0.717, 1.165) is 29.5 Å². The molecule has 0 radical (unpaired) electrons. The highest BCUT2D eigenvalue weighted by molar-refractivity contribution is 6.32. The summed E-state index contributed by atoms with van der Waals surface area (Å²) >= 11 is 6.53. The Morgan fingerprint density at radius 2 is 1.43 bits per heavy atom. The molecule has 2 rings (SSSR count). The first-order valence-electron chi connectivity index (χ1n) is 8.06. The van der Waals surface area contributed by atoms with Gasteiger partial charge >= 0.3 is 0 Å². The van der Waals surface area contributed by atoms with Gasteiger partial charge in [0.1, 0.15) is 11.6 Å². The van der Waals surface area contributed by atoms with Gasteiger partial charge in [0, 0.05) is 11.1 Å². The van der Waals surface area contributed by atoms with E-state index in [1.807, 2.05) is 12.1 Å². The maximum absolute atomic E-state index is 13.3. The molecular weight excluding hydrogens is 314 g/mol. The summed E-state index contributed by atoms with van der Waals surface area (Å²) in [5.41, 5.74) is 2.96. The zero-order valence-electron chi connectivity index (χ0n) is 13.9. The van der Waals surface area contributed by atoms with E-state index >= 15 is 0 Å². The molecule has 1 atom stereocenters. The molecule has 0 saturated carbocycles. The molecule has 1 unspecified atom stereocenters. The highest BCUT2D eigenvalue weighted by Crippen LogP contribution is 2.27. The van der Waals surface area contributed by atoms with Crippen LogP contribution >= 0.6 is 11.6 Å². The van der Waals surface area contributed by atoms with Gasteiger partial charge in [-0.3, -0.25) is 0 Å². The van der Waals surface area contributed by atoms with Gasteiger partial charge in [0.05, 0.1) is 0 Å². The second-order valence-electron chi connectivity index (χ2n) is 6.78.